The highest BCUT2D eigenvalue weighted by Gasteiger charge is 2.42. The van der Waals surface area contributed by atoms with E-state index in [1.165, 1.54) is 6.07 Å². The minimum atomic E-state index is -5.51. The molecule has 0 aromatic heterocycles. The Morgan fingerprint density at radius 3 is 1.64 bits per heavy atom. The third-order valence-electron chi connectivity index (χ3n) is 6.61. The van der Waals surface area contributed by atoms with Gasteiger partial charge < -0.3 is 9.47 Å². The molecule has 0 saturated carbocycles. The lowest BCUT2D eigenvalue weighted by molar-refractivity contribution is -0.276. The van der Waals surface area contributed by atoms with Crippen LogP contribution in [0.5, 0.6) is 11.5 Å². The van der Waals surface area contributed by atoms with Crippen LogP contribution in [-0.2, 0) is 12.5 Å². The maximum atomic E-state index is 15.0. The number of alkyl halides is 5. The Labute approximate surface area is 263 Å². The first kappa shape index (κ1) is 35.5. The number of allylic oxidation sites excluding steroid dienone is 1. The smallest absolute Gasteiger partial charge is 0.429 e. The normalized spacial score (nSPS) is 11.9. The summed E-state index contributed by atoms with van der Waals surface area (Å²) in [6, 6.07) is 3.44. The van der Waals surface area contributed by atoms with Gasteiger partial charge in [-0.25, -0.2) is 30.7 Å². The first-order chi connectivity index (χ1) is 21.9. The number of unbranched alkanes of at least 4 members (excludes halogenated alkanes) is 2. The number of ether oxygens (including phenoxy) is 2. The van der Waals surface area contributed by atoms with Gasteiger partial charge in [0.2, 0.25) is 5.75 Å². The number of rotatable bonds is 11. The molecule has 2 nitrogen and oxygen atoms in total. The first-order valence-electron chi connectivity index (χ1n) is 13.3. The summed E-state index contributed by atoms with van der Waals surface area (Å²) in [4.78, 5) is 0. The van der Waals surface area contributed by atoms with E-state index >= 15 is 0 Å². The molecule has 47 heavy (non-hydrogen) atoms. The van der Waals surface area contributed by atoms with Crippen molar-refractivity contribution in [2.75, 3.05) is 0 Å². The van der Waals surface area contributed by atoms with Crippen molar-refractivity contribution in [1.29, 1.82) is 0 Å². The van der Waals surface area contributed by atoms with Gasteiger partial charge in [-0.1, -0.05) is 17.7 Å². The van der Waals surface area contributed by atoms with Gasteiger partial charge in [0.05, 0.1) is 10.6 Å². The Balaban J connectivity index is 1.62. The highest BCUT2D eigenvalue weighted by atomic mass is 35.5. The molecule has 0 radical (unpaired) electrons. The van der Waals surface area contributed by atoms with Crippen LogP contribution in [0.1, 0.15) is 30.4 Å². The number of hydrogen-bond acceptors (Lipinski definition) is 2. The highest BCUT2D eigenvalue weighted by molar-refractivity contribution is 6.33. The maximum Gasteiger partial charge on any atom is 0.573 e. The van der Waals surface area contributed by atoms with Crippen LogP contribution < -0.4 is 9.47 Å². The lowest BCUT2D eigenvalue weighted by atomic mass is 9.98. The highest BCUT2D eigenvalue weighted by Crippen LogP contribution is 2.41. The standard InChI is InChI=1S/C32H19ClF12O2/c1-2-3-4-5-6-15-7-19(33)27(20(34)8-15)16-9-23(37)29(24(38)10-16)31(41,42)46-18-13-21(35)28(22(36)14-18)17-11-25(39)30(26(40)12-17)47-32(43,44)45/h2,7-14H,1,3-6H2. The van der Waals surface area contributed by atoms with Crippen LogP contribution in [0.15, 0.2) is 61.2 Å². The molecule has 0 bridgehead atoms. The van der Waals surface area contributed by atoms with Crippen molar-refractivity contribution in [3.05, 3.63) is 118 Å². The molecule has 15 heteroatoms. The van der Waals surface area contributed by atoms with Crippen molar-refractivity contribution in [2.24, 2.45) is 0 Å². The van der Waals surface area contributed by atoms with Crippen molar-refractivity contribution in [3.63, 3.8) is 0 Å². The topological polar surface area (TPSA) is 18.5 Å². The van der Waals surface area contributed by atoms with Crippen molar-refractivity contribution in [3.8, 4) is 33.8 Å². The molecule has 0 aliphatic rings. The molecule has 250 valence electrons. The largest absolute Gasteiger partial charge is 0.573 e. The van der Waals surface area contributed by atoms with Gasteiger partial charge in [0, 0.05) is 17.7 Å². The summed E-state index contributed by atoms with van der Waals surface area (Å²) < 4.78 is 177. The SMILES string of the molecule is C=CCCCCc1cc(F)c(-c2cc(F)c(C(F)(F)Oc3cc(F)c(-c4cc(F)c(OC(F)(F)F)c(F)c4)c(F)c3)c(F)c2)c(Cl)c1. The summed E-state index contributed by atoms with van der Waals surface area (Å²) >= 11 is 6.15. The van der Waals surface area contributed by atoms with Gasteiger partial charge >= 0.3 is 12.5 Å². The fraction of sp³-hybridized carbons (Fsp3) is 0.188. The zero-order valence-corrected chi connectivity index (χ0v) is 24.2. The van der Waals surface area contributed by atoms with Gasteiger partial charge in [-0.05, 0) is 78.8 Å². The van der Waals surface area contributed by atoms with E-state index in [9.17, 15) is 52.7 Å². The van der Waals surface area contributed by atoms with Gasteiger partial charge in [0.15, 0.2) is 11.6 Å². The zero-order chi connectivity index (χ0) is 34.8. The summed E-state index contributed by atoms with van der Waals surface area (Å²) in [6.45, 7) is 3.59. The summed E-state index contributed by atoms with van der Waals surface area (Å²) in [5.74, 6) is -15.8. The molecule has 0 unspecified atom stereocenters. The van der Waals surface area contributed by atoms with Crippen LogP contribution in [0.25, 0.3) is 22.3 Å². The Morgan fingerprint density at radius 1 is 0.617 bits per heavy atom. The number of halogens is 13. The lowest BCUT2D eigenvalue weighted by Gasteiger charge is -2.21. The van der Waals surface area contributed by atoms with E-state index in [0.717, 1.165) is 18.9 Å². The second-order valence-corrected chi connectivity index (χ2v) is 10.4. The Bertz CT molecular complexity index is 1730. The van der Waals surface area contributed by atoms with Gasteiger partial charge in [-0.2, -0.15) is 8.78 Å². The molecule has 4 aromatic rings. The van der Waals surface area contributed by atoms with Crippen LogP contribution in [0.2, 0.25) is 5.02 Å². The van der Waals surface area contributed by atoms with Crippen LogP contribution in [0.3, 0.4) is 0 Å². The summed E-state index contributed by atoms with van der Waals surface area (Å²) in [7, 11) is 0. The average Bonchev–Trinajstić information content (AvgIpc) is 2.91. The minimum Gasteiger partial charge on any atom is -0.429 e. The molecule has 0 amide bonds. The van der Waals surface area contributed by atoms with Gasteiger partial charge in [-0.15, -0.1) is 19.8 Å². The average molecular weight is 699 g/mol. The van der Waals surface area contributed by atoms with Crippen LogP contribution in [-0.4, -0.2) is 6.36 Å². The van der Waals surface area contributed by atoms with Crippen LogP contribution in [0.4, 0.5) is 52.7 Å². The van der Waals surface area contributed by atoms with E-state index in [4.69, 9.17) is 11.6 Å². The molecule has 0 spiro atoms. The molecule has 0 heterocycles. The van der Waals surface area contributed by atoms with Crippen molar-refractivity contribution >= 4 is 11.6 Å². The van der Waals surface area contributed by atoms with Crippen LogP contribution >= 0.6 is 11.6 Å². The van der Waals surface area contributed by atoms with Crippen molar-refractivity contribution in [1.82, 2.24) is 0 Å². The Kier molecular flexibility index (Phi) is 10.4. The fourth-order valence-corrected chi connectivity index (χ4v) is 5.00. The third-order valence-corrected chi connectivity index (χ3v) is 6.91. The predicted octanol–water partition coefficient (Wildman–Crippen LogP) is 11.6. The summed E-state index contributed by atoms with van der Waals surface area (Å²) in [6.07, 6.45) is -6.16. The van der Waals surface area contributed by atoms with E-state index < -0.39 is 92.5 Å². The molecule has 0 aliphatic carbocycles. The van der Waals surface area contributed by atoms with E-state index in [1.807, 2.05) is 0 Å². The number of aryl methyl sites for hydroxylation is 1. The zero-order valence-electron chi connectivity index (χ0n) is 23.5. The number of hydrogen-bond donors (Lipinski definition) is 0. The third kappa shape index (κ3) is 8.16. The second-order valence-electron chi connectivity index (χ2n) is 9.98. The monoisotopic (exact) mass is 698 g/mol. The Morgan fingerprint density at radius 2 is 1.13 bits per heavy atom. The molecule has 0 atom stereocenters. The molecule has 0 aliphatic heterocycles. The molecular formula is C32H19ClF12O2. The molecule has 0 saturated heterocycles. The van der Waals surface area contributed by atoms with Gasteiger partial charge in [-0.3, -0.25) is 0 Å². The second kappa shape index (κ2) is 13.8. The summed E-state index contributed by atoms with van der Waals surface area (Å²) in [5.41, 5.74) is -4.85. The van der Waals surface area contributed by atoms with E-state index in [1.54, 1.807) is 6.08 Å². The molecular weight excluding hydrogens is 680 g/mol. The Hall–Kier alpha value is -4.33. The first-order valence-corrected chi connectivity index (χ1v) is 13.7. The maximum absolute atomic E-state index is 15.0. The quantitative estimate of drug-likeness (QED) is 0.0882. The minimum absolute atomic E-state index is 0.0700. The fourth-order valence-electron chi connectivity index (χ4n) is 4.66. The predicted molar refractivity (Wildman–Crippen MR) is 147 cm³/mol. The van der Waals surface area contributed by atoms with Gasteiger partial charge in [0.25, 0.3) is 0 Å². The molecule has 4 rings (SSSR count). The van der Waals surface area contributed by atoms with Crippen LogP contribution in [0, 0.1) is 40.7 Å². The van der Waals surface area contributed by atoms with E-state index in [2.05, 4.69) is 16.1 Å². The van der Waals surface area contributed by atoms with Crippen molar-refractivity contribution in [2.45, 2.75) is 38.2 Å². The lowest BCUT2D eigenvalue weighted by Crippen LogP contribution is -2.25. The molecule has 0 N–H and O–H groups in total. The van der Waals surface area contributed by atoms with E-state index in [-0.39, 0.29) is 29.3 Å². The summed E-state index contributed by atoms with van der Waals surface area (Å²) in [5, 5.41) is -0.258. The molecule has 0 fully saturated rings. The van der Waals surface area contributed by atoms with E-state index in [0.29, 0.717) is 30.5 Å². The van der Waals surface area contributed by atoms with Gasteiger partial charge in [0.1, 0.15) is 40.4 Å². The molecule has 4 aromatic carbocycles. The van der Waals surface area contributed by atoms with Crippen molar-refractivity contribution < 1.29 is 62.2 Å². The number of benzene rings is 4.